The van der Waals surface area contributed by atoms with E-state index in [-0.39, 0.29) is 10.0 Å². The fourth-order valence-corrected chi connectivity index (χ4v) is 2.08. The van der Waals surface area contributed by atoms with Crippen LogP contribution in [0.4, 0.5) is 33.3 Å². The van der Waals surface area contributed by atoms with E-state index in [2.05, 4.69) is 5.32 Å². The van der Waals surface area contributed by atoms with Gasteiger partial charge in [-0.3, -0.25) is 0 Å². The maximum Gasteiger partial charge on any atom is 0.200 e. The van der Waals surface area contributed by atoms with E-state index in [1.54, 1.807) is 0 Å². The molecule has 0 saturated carbocycles. The van der Waals surface area contributed by atoms with Crippen molar-refractivity contribution in [2.45, 2.75) is 0 Å². The molecule has 0 aliphatic carbocycles. The second-order valence-corrected chi connectivity index (χ2v) is 5.38. The van der Waals surface area contributed by atoms with Crippen LogP contribution in [0.15, 0.2) is 18.2 Å². The maximum atomic E-state index is 13.5. The van der Waals surface area contributed by atoms with Gasteiger partial charge in [0.1, 0.15) is 5.69 Å². The molecule has 122 valence electrons. The highest BCUT2D eigenvalue weighted by Crippen LogP contribution is 2.28. The van der Waals surface area contributed by atoms with Gasteiger partial charge in [-0.2, -0.15) is 0 Å². The van der Waals surface area contributed by atoms with Crippen molar-refractivity contribution in [1.29, 1.82) is 0 Å². The van der Waals surface area contributed by atoms with Gasteiger partial charge in [0.25, 0.3) is 0 Å². The van der Waals surface area contributed by atoms with E-state index < -0.39 is 39.9 Å². The number of rotatable bonds is 2. The van der Waals surface area contributed by atoms with Crippen LogP contribution in [-0.2, 0) is 0 Å². The summed E-state index contributed by atoms with van der Waals surface area (Å²) in [6.45, 7) is 0. The van der Waals surface area contributed by atoms with Crippen LogP contribution in [0.3, 0.4) is 0 Å². The Kier molecular flexibility index (Phi) is 5.28. The summed E-state index contributed by atoms with van der Waals surface area (Å²) in [5.74, 6) is -10.5. The molecule has 2 N–H and O–H groups in total. The molecule has 2 aromatic carbocycles. The molecule has 2 nitrogen and oxygen atoms in total. The van der Waals surface area contributed by atoms with E-state index in [1.165, 1.54) is 18.2 Å². The van der Waals surface area contributed by atoms with Crippen molar-refractivity contribution in [1.82, 2.24) is 0 Å². The largest absolute Gasteiger partial charge is 0.332 e. The van der Waals surface area contributed by atoms with E-state index in [1.807, 2.05) is 5.32 Å². The van der Waals surface area contributed by atoms with Crippen molar-refractivity contribution >= 4 is 51.9 Å². The maximum absolute atomic E-state index is 13.5. The Bertz CT molecular complexity index is 771. The van der Waals surface area contributed by atoms with Crippen LogP contribution >= 0.6 is 35.4 Å². The SMILES string of the molecule is Fc1c(F)c(F)c(NC(=S)Nc2ccc(Cl)c(Cl)c2)c(F)c1F. The molecular formula is C13H5Cl2F5N2S. The molecule has 0 aliphatic heterocycles. The predicted molar refractivity (Wildman–Crippen MR) is 82.5 cm³/mol. The fraction of sp³-hybridized carbons (Fsp3) is 0. The van der Waals surface area contributed by atoms with Crippen LogP contribution in [0.5, 0.6) is 0 Å². The number of benzene rings is 2. The molecule has 2 aromatic rings. The van der Waals surface area contributed by atoms with Crippen LogP contribution < -0.4 is 10.6 Å². The lowest BCUT2D eigenvalue weighted by Crippen LogP contribution is -2.22. The average Bonchev–Trinajstić information content (AvgIpc) is 2.51. The third-order valence-electron chi connectivity index (χ3n) is 2.63. The van der Waals surface area contributed by atoms with Crippen molar-refractivity contribution in [3.8, 4) is 0 Å². The Labute approximate surface area is 142 Å². The smallest absolute Gasteiger partial charge is 0.200 e. The van der Waals surface area contributed by atoms with Gasteiger partial charge in [-0.05, 0) is 30.4 Å². The van der Waals surface area contributed by atoms with Crippen molar-refractivity contribution in [3.05, 3.63) is 57.3 Å². The van der Waals surface area contributed by atoms with Crippen LogP contribution in [-0.4, -0.2) is 5.11 Å². The van der Waals surface area contributed by atoms with Crippen LogP contribution in [0.1, 0.15) is 0 Å². The molecule has 0 spiro atoms. The first-order chi connectivity index (χ1) is 10.7. The minimum Gasteiger partial charge on any atom is -0.332 e. The molecule has 0 bridgehead atoms. The Morgan fingerprint density at radius 1 is 0.783 bits per heavy atom. The summed E-state index contributed by atoms with van der Waals surface area (Å²) in [4.78, 5) is 0. The highest BCUT2D eigenvalue weighted by molar-refractivity contribution is 7.80. The van der Waals surface area contributed by atoms with Gasteiger partial charge in [-0.15, -0.1) is 0 Å². The van der Waals surface area contributed by atoms with Gasteiger partial charge < -0.3 is 10.6 Å². The van der Waals surface area contributed by atoms with E-state index in [0.717, 1.165) is 0 Å². The first-order valence-electron chi connectivity index (χ1n) is 5.77. The standard InChI is InChI=1S/C13H5Cl2F5N2S/c14-5-2-1-4(3-6(5)15)21-13(23)22-12-10(19)8(17)7(16)9(18)11(12)20/h1-3H,(H2,21,22,23). The van der Waals surface area contributed by atoms with E-state index in [4.69, 9.17) is 35.4 Å². The van der Waals surface area contributed by atoms with Crippen molar-refractivity contribution < 1.29 is 22.0 Å². The molecule has 0 aliphatic rings. The van der Waals surface area contributed by atoms with Crippen molar-refractivity contribution in [2.24, 2.45) is 0 Å². The van der Waals surface area contributed by atoms with E-state index >= 15 is 0 Å². The third-order valence-corrected chi connectivity index (χ3v) is 3.57. The lowest BCUT2D eigenvalue weighted by molar-refractivity contribution is 0.382. The summed E-state index contributed by atoms with van der Waals surface area (Å²) in [7, 11) is 0. The highest BCUT2D eigenvalue weighted by Gasteiger charge is 2.26. The van der Waals surface area contributed by atoms with Crippen molar-refractivity contribution in [2.75, 3.05) is 10.6 Å². The number of anilines is 2. The zero-order valence-corrected chi connectivity index (χ0v) is 13.1. The topological polar surface area (TPSA) is 24.1 Å². The molecule has 0 atom stereocenters. The van der Waals surface area contributed by atoms with Gasteiger partial charge in [0.05, 0.1) is 10.0 Å². The molecule has 0 heterocycles. The molecule has 0 radical (unpaired) electrons. The van der Waals surface area contributed by atoms with Gasteiger partial charge in [0, 0.05) is 5.69 Å². The fourth-order valence-electron chi connectivity index (χ4n) is 1.56. The quantitative estimate of drug-likeness (QED) is 0.308. The third kappa shape index (κ3) is 3.65. The summed E-state index contributed by atoms with van der Waals surface area (Å²) < 4.78 is 66.1. The molecule has 0 fully saturated rings. The molecule has 0 saturated heterocycles. The Morgan fingerprint density at radius 3 is 1.83 bits per heavy atom. The monoisotopic (exact) mass is 386 g/mol. The molecular weight excluding hydrogens is 382 g/mol. The number of halogens is 7. The molecule has 0 unspecified atom stereocenters. The lowest BCUT2D eigenvalue weighted by Gasteiger charge is -2.13. The minimum atomic E-state index is -2.26. The molecule has 23 heavy (non-hydrogen) atoms. The Balaban J connectivity index is 2.25. The second kappa shape index (κ2) is 6.86. The van der Waals surface area contributed by atoms with Crippen molar-refractivity contribution in [3.63, 3.8) is 0 Å². The van der Waals surface area contributed by atoms with Gasteiger partial charge in [-0.1, -0.05) is 23.2 Å². The first kappa shape index (κ1) is 17.7. The number of hydrogen-bond acceptors (Lipinski definition) is 1. The number of hydrogen-bond donors (Lipinski definition) is 2. The number of thiocarbonyl (C=S) groups is 1. The highest BCUT2D eigenvalue weighted by atomic mass is 35.5. The lowest BCUT2D eigenvalue weighted by atomic mass is 10.2. The Morgan fingerprint density at radius 2 is 1.30 bits per heavy atom. The minimum absolute atomic E-state index is 0.177. The molecule has 10 heteroatoms. The molecule has 0 amide bonds. The van der Waals surface area contributed by atoms with Crippen LogP contribution in [0, 0.1) is 29.1 Å². The summed E-state index contributed by atoms with van der Waals surface area (Å²) in [5, 5.41) is 4.42. The van der Waals surface area contributed by atoms with E-state index in [9.17, 15) is 22.0 Å². The zero-order valence-electron chi connectivity index (χ0n) is 10.8. The normalized spacial score (nSPS) is 10.6. The van der Waals surface area contributed by atoms with Gasteiger partial charge >= 0.3 is 0 Å². The van der Waals surface area contributed by atoms with Crippen LogP contribution in [0.2, 0.25) is 10.0 Å². The average molecular weight is 387 g/mol. The van der Waals surface area contributed by atoms with Crippen LogP contribution in [0.25, 0.3) is 0 Å². The zero-order chi connectivity index (χ0) is 17.3. The number of nitrogens with one attached hydrogen (secondary N) is 2. The van der Waals surface area contributed by atoms with Gasteiger partial charge in [-0.25, -0.2) is 22.0 Å². The summed E-state index contributed by atoms with van der Waals surface area (Å²) in [6, 6.07) is 4.23. The second-order valence-electron chi connectivity index (χ2n) is 4.15. The molecule has 2 rings (SSSR count). The summed E-state index contributed by atoms with van der Waals surface area (Å²) in [5.41, 5.74) is -0.972. The first-order valence-corrected chi connectivity index (χ1v) is 6.93. The van der Waals surface area contributed by atoms with E-state index in [0.29, 0.717) is 5.69 Å². The summed E-state index contributed by atoms with van der Waals surface area (Å²) in [6.07, 6.45) is 0. The molecule has 0 aromatic heterocycles. The van der Waals surface area contributed by atoms with Gasteiger partial charge in [0.2, 0.25) is 5.82 Å². The predicted octanol–water partition coefficient (Wildman–Crippen LogP) is 5.50. The Hall–Kier alpha value is -1.64. The van der Waals surface area contributed by atoms with Gasteiger partial charge in [0.15, 0.2) is 28.4 Å². The summed E-state index contributed by atoms with van der Waals surface area (Å²) >= 11 is 16.2.